The van der Waals surface area contributed by atoms with Gasteiger partial charge in [-0.2, -0.15) is 0 Å². The van der Waals surface area contributed by atoms with Crippen LogP contribution in [0.5, 0.6) is 0 Å². The topological polar surface area (TPSA) is 56.1 Å². The standard InChI is InChI=1S/C15H19N3O2/c1-10-5-6-13(12(9-10)15(19)20-4)17-11(2)14-16-7-8-18(14)3/h5-9,11,17H,1-4H3. The zero-order valence-corrected chi connectivity index (χ0v) is 12.2. The summed E-state index contributed by atoms with van der Waals surface area (Å²) in [6.07, 6.45) is 3.65. The summed E-state index contributed by atoms with van der Waals surface area (Å²) in [5, 5.41) is 3.31. The molecule has 0 saturated carbocycles. The van der Waals surface area contributed by atoms with E-state index in [4.69, 9.17) is 4.74 Å². The lowest BCUT2D eigenvalue weighted by Crippen LogP contribution is -2.15. The van der Waals surface area contributed by atoms with E-state index in [0.29, 0.717) is 5.56 Å². The lowest BCUT2D eigenvalue weighted by Gasteiger charge is -2.17. The van der Waals surface area contributed by atoms with Crippen LogP contribution in [-0.2, 0) is 11.8 Å². The fourth-order valence-corrected chi connectivity index (χ4v) is 2.15. The summed E-state index contributed by atoms with van der Waals surface area (Å²) in [5.74, 6) is 0.560. The SMILES string of the molecule is COC(=O)c1cc(C)ccc1NC(C)c1nccn1C. The van der Waals surface area contributed by atoms with Crippen LogP contribution in [0.25, 0.3) is 0 Å². The number of ether oxygens (including phenoxy) is 1. The van der Waals surface area contributed by atoms with E-state index in [1.54, 1.807) is 6.20 Å². The molecule has 1 heterocycles. The van der Waals surface area contributed by atoms with Gasteiger partial charge in [0.15, 0.2) is 0 Å². The second-order valence-electron chi connectivity index (χ2n) is 4.80. The van der Waals surface area contributed by atoms with Gasteiger partial charge in [0.1, 0.15) is 5.82 Å². The second kappa shape index (κ2) is 5.77. The van der Waals surface area contributed by atoms with Crippen molar-refractivity contribution in [2.45, 2.75) is 19.9 Å². The molecule has 2 rings (SSSR count). The largest absolute Gasteiger partial charge is 0.465 e. The van der Waals surface area contributed by atoms with Gasteiger partial charge in [-0.25, -0.2) is 9.78 Å². The van der Waals surface area contributed by atoms with Gasteiger partial charge in [-0.05, 0) is 26.0 Å². The molecule has 0 spiro atoms. The molecule has 1 unspecified atom stereocenters. The van der Waals surface area contributed by atoms with Crippen LogP contribution in [-0.4, -0.2) is 22.6 Å². The number of nitrogens with one attached hydrogen (secondary N) is 1. The maximum atomic E-state index is 11.8. The van der Waals surface area contributed by atoms with Crippen LogP contribution in [0.15, 0.2) is 30.6 Å². The van der Waals surface area contributed by atoms with Crippen LogP contribution in [0.4, 0.5) is 5.69 Å². The van der Waals surface area contributed by atoms with E-state index in [9.17, 15) is 4.79 Å². The minimum absolute atomic E-state index is 0.0129. The predicted octanol–water partition coefficient (Wildman–Crippen LogP) is 2.69. The predicted molar refractivity (Wildman–Crippen MR) is 77.8 cm³/mol. The Morgan fingerprint density at radius 1 is 1.45 bits per heavy atom. The van der Waals surface area contributed by atoms with E-state index in [2.05, 4.69) is 10.3 Å². The number of imidazole rings is 1. The average molecular weight is 273 g/mol. The highest BCUT2D eigenvalue weighted by molar-refractivity contribution is 5.95. The van der Waals surface area contributed by atoms with E-state index in [0.717, 1.165) is 17.1 Å². The first-order valence-electron chi connectivity index (χ1n) is 6.45. The maximum Gasteiger partial charge on any atom is 0.339 e. The van der Waals surface area contributed by atoms with Gasteiger partial charge in [0.25, 0.3) is 0 Å². The molecule has 0 bridgehead atoms. The van der Waals surface area contributed by atoms with E-state index < -0.39 is 0 Å². The molecule has 1 aromatic carbocycles. The Balaban J connectivity index is 2.29. The number of aromatic nitrogens is 2. The molecule has 5 heteroatoms. The molecular weight excluding hydrogens is 254 g/mol. The summed E-state index contributed by atoms with van der Waals surface area (Å²) in [5.41, 5.74) is 2.30. The number of nitrogens with zero attached hydrogens (tertiary/aromatic N) is 2. The number of methoxy groups -OCH3 is 1. The average Bonchev–Trinajstić information content (AvgIpc) is 2.86. The summed E-state index contributed by atoms with van der Waals surface area (Å²) in [4.78, 5) is 16.1. The Hall–Kier alpha value is -2.30. The third-order valence-electron chi connectivity index (χ3n) is 3.20. The Kier molecular flexibility index (Phi) is 4.08. The van der Waals surface area contributed by atoms with Crippen molar-refractivity contribution in [2.75, 3.05) is 12.4 Å². The molecule has 20 heavy (non-hydrogen) atoms. The van der Waals surface area contributed by atoms with Crippen molar-refractivity contribution in [3.05, 3.63) is 47.5 Å². The van der Waals surface area contributed by atoms with E-state index >= 15 is 0 Å². The highest BCUT2D eigenvalue weighted by Gasteiger charge is 2.16. The lowest BCUT2D eigenvalue weighted by molar-refractivity contribution is 0.0601. The van der Waals surface area contributed by atoms with Crippen LogP contribution in [0.1, 0.15) is 34.7 Å². The third-order valence-corrected chi connectivity index (χ3v) is 3.20. The van der Waals surface area contributed by atoms with E-state index in [1.807, 2.05) is 49.9 Å². The molecule has 0 aliphatic rings. The first kappa shape index (κ1) is 14.1. The highest BCUT2D eigenvalue weighted by Crippen LogP contribution is 2.23. The molecule has 0 radical (unpaired) electrons. The van der Waals surface area contributed by atoms with Gasteiger partial charge >= 0.3 is 5.97 Å². The van der Waals surface area contributed by atoms with Crippen molar-refractivity contribution in [1.29, 1.82) is 0 Å². The Labute approximate surface area is 118 Å². The molecule has 0 aliphatic heterocycles. The minimum atomic E-state index is -0.344. The van der Waals surface area contributed by atoms with Crippen molar-refractivity contribution in [3.63, 3.8) is 0 Å². The van der Waals surface area contributed by atoms with Crippen molar-refractivity contribution in [2.24, 2.45) is 7.05 Å². The molecule has 2 aromatic rings. The van der Waals surface area contributed by atoms with Crippen LogP contribution in [0.2, 0.25) is 0 Å². The molecule has 106 valence electrons. The van der Waals surface area contributed by atoms with Gasteiger partial charge in [-0.3, -0.25) is 0 Å². The number of carbonyl (C=O) groups excluding carboxylic acids is 1. The maximum absolute atomic E-state index is 11.8. The Bertz CT molecular complexity index is 619. The number of hydrogen-bond donors (Lipinski definition) is 1. The van der Waals surface area contributed by atoms with Gasteiger partial charge in [-0.1, -0.05) is 11.6 Å². The molecule has 1 atom stereocenters. The van der Waals surface area contributed by atoms with Crippen molar-refractivity contribution in [3.8, 4) is 0 Å². The Morgan fingerprint density at radius 2 is 2.20 bits per heavy atom. The van der Waals surface area contributed by atoms with E-state index in [-0.39, 0.29) is 12.0 Å². The van der Waals surface area contributed by atoms with Crippen LogP contribution < -0.4 is 5.32 Å². The zero-order valence-electron chi connectivity index (χ0n) is 12.2. The number of carbonyl (C=O) groups is 1. The second-order valence-corrected chi connectivity index (χ2v) is 4.80. The number of esters is 1. The highest BCUT2D eigenvalue weighted by atomic mass is 16.5. The summed E-state index contributed by atoms with van der Waals surface area (Å²) >= 11 is 0. The molecule has 0 amide bonds. The molecule has 1 N–H and O–H groups in total. The third kappa shape index (κ3) is 2.82. The summed E-state index contributed by atoms with van der Waals surface area (Å²) in [6, 6.07) is 5.65. The minimum Gasteiger partial charge on any atom is -0.465 e. The van der Waals surface area contributed by atoms with Crippen molar-refractivity contribution < 1.29 is 9.53 Å². The fourth-order valence-electron chi connectivity index (χ4n) is 2.15. The summed E-state index contributed by atoms with van der Waals surface area (Å²) in [6.45, 7) is 3.95. The normalized spacial score (nSPS) is 12.0. The molecular formula is C15H19N3O2. The first-order valence-corrected chi connectivity index (χ1v) is 6.45. The fraction of sp³-hybridized carbons (Fsp3) is 0.333. The first-order chi connectivity index (χ1) is 9.52. The van der Waals surface area contributed by atoms with Gasteiger partial charge in [0.05, 0.1) is 18.7 Å². The quantitative estimate of drug-likeness (QED) is 0.870. The van der Waals surface area contributed by atoms with E-state index in [1.165, 1.54) is 7.11 Å². The van der Waals surface area contributed by atoms with Crippen LogP contribution >= 0.6 is 0 Å². The number of hydrogen-bond acceptors (Lipinski definition) is 4. The number of benzene rings is 1. The zero-order chi connectivity index (χ0) is 14.7. The summed E-state index contributed by atoms with van der Waals surface area (Å²) in [7, 11) is 3.33. The van der Waals surface area contributed by atoms with Crippen molar-refractivity contribution >= 4 is 11.7 Å². The van der Waals surface area contributed by atoms with Crippen LogP contribution in [0, 0.1) is 6.92 Å². The van der Waals surface area contributed by atoms with Gasteiger partial charge in [0.2, 0.25) is 0 Å². The smallest absolute Gasteiger partial charge is 0.339 e. The molecule has 0 fully saturated rings. The number of aryl methyl sites for hydroxylation is 2. The van der Waals surface area contributed by atoms with Crippen molar-refractivity contribution in [1.82, 2.24) is 9.55 Å². The monoisotopic (exact) mass is 273 g/mol. The number of rotatable bonds is 4. The molecule has 0 saturated heterocycles. The lowest BCUT2D eigenvalue weighted by atomic mass is 10.1. The van der Waals surface area contributed by atoms with Gasteiger partial charge in [-0.15, -0.1) is 0 Å². The van der Waals surface area contributed by atoms with Crippen LogP contribution in [0.3, 0.4) is 0 Å². The molecule has 1 aromatic heterocycles. The Morgan fingerprint density at radius 3 is 2.80 bits per heavy atom. The number of anilines is 1. The summed E-state index contributed by atoms with van der Waals surface area (Å²) < 4.78 is 6.78. The van der Waals surface area contributed by atoms with Gasteiger partial charge < -0.3 is 14.6 Å². The molecule has 0 aliphatic carbocycles. The molecule has 5 nitrogen and oxygen atoms in total. The van der Waals surface area contributed by atoms with Gasteiger partial charge in [0, 0.05) is 25.1 Å².